The van der Waals surface area contributed by atoms with E-state index in [1.807, 2.05) is 31.2 Å². The fourth-order valence-corrected chi connectivity index (χ4v) is 1.98. The van der Waals surface area contributed by atoms with Gasteiger partial charge >= 0.3 is 0 Å². The number of hydrogen-bond donors (Lipinski definition) is 2. The zero-order valence-electron chi connectivity index (χ0n) is 12.0. The maximum atomic E-state index is 12.8. The van der Waals surface area contributed by atoms with E-state index in [1.54, 1.807) is 18.2 Å². The number of carbonyl (C=O) groups is 1. The van der Waals surface area contributed by atoms with E-state index in [1.165, 1.54) is 18.2 Å². The Kier molecular flexibility index (Phi) is 5.38. The normalized spacial score (nSPS) is 10.5. The van der Waals surface area contributed by atoms with Crippen LogP contribution in [0.5, 0.6) is 0 Å². The molecule has 0 aliphatic carbocycles. The van der Waals surface area contributed by atoms with E-state index in [4.69, 9.17) is 12.2 Å². The number of hydrogen-bond acceptors (Lipinski definition) is 2. The van der Waals surface area contributed by atoms with Gasteiger partial charge in [-0.2, -0.15) is 0 Å². The number of nitrogens with one attached hydrogen (secondary N) is 2. The molecule has 2 rings (SSSR count). The van der Waals surface area contributed by atoms with Crippen molar-refractivity contribution in [3.63, 3.8) is 0 Å². The highest BCUT2D eigenvalue weighted by molar-refractivity contribution is 7.80. The molecule has 5 heteroatoms. The van der Waals surface area contributed by atoms with E-state index in [2.05, 4.69) is 10.6 Å². The molecule has 112 valence electrons. The second-order valence-electron chi connectivity index (χ2n) is 4.64. The maximum absolute atomic E-state index is 12.8. The lowest BCUT2D eigenvalue weighted by Crippen LogP contribution is -2.33. The third-order valence-electron chi connectivity index (χ3n) is 2.93. The van der Waals surface area contributed by atoms with E-state index in [0.29, 0.717) is 0 Å². The summed E-state index contributed by atoms with van der Waals surface area (Å²) in [6, 6.07) is 13.5. The molecule has 0 aliphatic rings. The molecule has 1 amide bonds. The molecule has 0 unspecified atom stereocenters. The van der Waals surface area contributed by atoms with Crippen LogP contribution in [0.4, 0.5) is 10.1 Å². The minimum Gasteiger partial charge on any atom is -0.332 e. The quantitative estimate of drug-likeness (QED) is 0.671. The Bertz CT molecular complexity index is 711. The lowest BCUT2D eigenvalue weighted by molar-refractivity contribution is -0.115. The fraction of sp³-hybridized carbons (Fsp3) is 0.0588. The highest BCUT2D eigenvalue weighted by atomic mass is 32.1. The van der Waals surface area contributed by atoms with Crippen molar-refractivity contribution in [2.45, 2.75) is 6.92 Å². The van der Waals surface area contributed by atoms with Crippen LogP contribution in [-0.2, 0) is 4.79 Å². The molecule has 0 saturated heterocycles. The Labute approximate surface area is 133 Å². The van der Waals surface area contributed by atoms with Gasteiger partial charge in [-0.05, 0) is 54.5 Å². The lowest BCUT2D eigenvalue weighted by atomic mass is 10.2. The average molecular weight is 314 g/mol. The van der Waals surface area contributed by atoms with E-state index in [-0.39, 0.29) is 16.8 Å². The van der Waals surface area contributed by atoms with E-state index in [0.717, 1.165) is 16.8 Å². The van der Waals surface area contributed by atoms with Gasteiger partial charge in [0.2, 0.25) is 5.91 Å². The van der Waals surface area contributed by atoms with Gasteiger partial charge in [-0.15, -0.1) is 0 Å². The predicted octanol–water partition coefficient (Wildman–Crippen LogP) is 3.66. The van der Waals surface area contributed by atoms with Gasteiger partial charge in [0.15, 0.2) is 5.11 Å². The van der Waals surface area contributed by atoms with Gasteiger partial charge in [0.05, 0.1) is 0 Å². The number of aryl methyl sites for hydroxylation is 1. The van der Waals surface area contributed by atoms with Crippen molar-refractivity contribution in [1.82, 2.24) is 5.32 Å². The minimum atomic E-state index is -0.351. The fourth-order valence-electron chi connectivity index (χ4n) is 1.77. The Hall–Kier alpha value is -2.53. The molecule has 0 spiro atoms. The number of carbonyl (C=O) groups excluding carboxylic acids is 1. The summed E-state index contributed by atoms with van der Waals surface area (Å²) in [4.78, 5) is 11.8. The first-order chi connectivity index (χ1) is 10.5. The monoisotopic (exact) mass is 314 g/mol. The number of rotatable bonds is 3. The van der Waals surface area contributed by atoms with Crippen LogP contribution in [0, 0.1) is 12.7 Å². The predicted molar refractivity (Wildman–Crippen MR) is 91.0 cm³/mol. The molecule has 22 heavy (non-hydrogen) atoms. The van der Waals surface area contributed by atoms with Crippen LogP contribution < -0.4 is 10.6 Å². The minimum absolute atomic E-state index is 0.225. The van der Waals surface area contributed by atoms with Gasteiger partial charge in [0.25, 0.3) is 0 Å². The Balaban J connectivity index is 1.90. The zero-order valence-corrected chi connectivity index (χ0v) is 12.8. The highest BCUT2D eigenvalue weighted by Crippen LogP contribution is 2.12. The second kappa shape index (κ2) is 7.47. The summed E-state index contributed by atoms with van der Waals surface area (Å²) in [6.07, 6.45) is 2.93. The van der Waals surface area contributed by atoms with Crippen molar-refractivity contribution in [1.29, 1.82) is 0 Å². The van der Waals surface area contributed by atoms with Gasteiger partial charge in [-0.3, -0.25) is 10.1 Å². The van der Waals surface area contributed by atoms with Crippen molar-refractivity contribution in [3.05, 3.63) is 71.6 Å². The molecular formula is C17H15FN2OS. The van der Waals surface area contributed by atoms with E-state index < -0.39 is 0 Å². The van der Waals surface area contributed by atoms with E-state index in [9.17, 15) is 9.18 Å². The third kappa shape index (κ3) is 4.79. The molecule has 2 N–H and O–H groups in total. The first kappa shape index (κ1) is 15.9. The molecule has 0 fully saturated rings. The van der Waals surface area contributed by atoms with Gasteiger partial charge in [0.1, 0.15) is 5.82 Å². The molecule has 2 aromatic carbocycles. The molecule has 0 saturated carbocycles. The number of para-hydroxylation sites is 1. The largest absolute Gasteiger partial charge is 0.332 e. The summed E-state index contributed by atoms with van der Waals surface area (Å²) in [6.45, 7) is 1.95. The highest BCUT2D eigenvalue weighted by Gasteiger charge is 2.03. The van der Waals surface area contributed by atoms with Crippen molar-refractivity contribution >= 4 is 35.0 Å². The third-order valence-corrected chi connectivity index (χ3v) is 3.13. The Morgan fingerprint density at radius 2 is 1.82 bits per heavy atom. The molecule has 0 aromatic heterocycles. The molecule has 3 nitrogen and oxygen atoms in total. The number of thiocarbonyl (C=S) groups is 1. The molecule has 0 atom stereocenters. The molecular weight excluding hydrogens is 299 g/mol. The second-order valence-corrected chi connectivity index (χ2v) is 5.05. The number of amides is 1. The van der Waals surface area contributed by atoms with Gasteiger partial charge in [-0.25, -0.2) is 4.39 Å². The summed E-state index contributed by atoms with van der Waals surface area (Å²) in [5.41, 5.74) is 2.60. The first-order valence-electron chi connectivity index (χ1n) is 6.66. The van der Waals surface area contributed by atoms with Crippen molar-refractivity contribution in [3.8, 4) is 0 Å². The van der Waals surface area contributed by atoms with Crippen molar-refractivity contribution in [2.75, 3.05) is 5.32 Å². The maximum Gasteiger partial charge on any atom is 0.250 e. The number of halogens is 1. The topological polar surface area (TPSA) is 41.1 Å². The SMILES string of the molecule is Cc1ccccc1NC(=S)NC(=O)/C=C/c1ccc(F)cc1. The first-order valence-corrected chi connectivity index (χ1v) is 7.06. The number of benzene rings is 2. The summed E-state index contributed by atoms with van der Waals surface area (Å²) in [5.74, 6) is -0.666. The Morgan fingerprint density at radius 1 is 1.14 bits per heavy atom. The van der Waals surface area contributed by atoms with Crippen LogP contribution in [0.25, 0.3) is 6.08 Å². The molecule has 0 aliphatic heterocycles. The van der Waals surface area contributed by atoms with Crippen LogP contribution in [0.1, 0.15) is 11.1 Å². The van der Waals surface area contributed by atoms with Crippen LogP contribution in [0.3, 0.4) is 0 Å². The van der Waals surface area contributed by atoms with Crippen LogP contribution in [0.2, 0.25) is 0 Å². The summed E-state index contributed by atoms with van der Waals surface area (Å²) >= 11 is 5.09. The summed E-state index contributed by atoms with van der Waals surface area (Å²) in [5, 5.41) is 5.75. The van der Waals surface area contributed by atoms with Crippen LogP contribution in [-0.4, -0.2) is 11.0 Å². The van der Waals surface area contributed by atoms with E-state index >= 15 is 0 Å². The zero-order chi connectivity index (χ0) is 15.9. The molecule has 2 aromatic rings. The molecule has 0 bridgehead atoms. The van der Waals surface area contributed by atoms with Crippen molar-refractivity contribution in [2.24, 2.45) is 0 Å². The van der Waals surface area contributed by atoms with Gasteiger partial charge in [-0.1, -0.05) is 30.3 Å². The van der Waals surface area contributed by atoms with Crippen LogP contribution >= 0.6 is 12.2 Å². The molecule has 0 radical (unpaired) electrons. The standard InChI is InChI=1S/C17H15FN2OS/c1-12-4-2-3-5-15(12)19-17(22)20-16(21)11-8-13-6-9-14(18)10-7-13/h2-11H,1H3,(H2,19,20,21,22)/b11-8+. The number of anilines is 1. The van der Waals surface area contributed by atoms with Crippen molar-refractivity contribution < 1.29 is 9.18 Å². The summed E-state index contributed by atoms with van der Waals surface area (Å²) < 4.78 is 12.8. The van der Waals surface area contributed by atoms with Gasteiger partial charge in [0, 0.05) is 11.8 Å². The molecule has 0 heterocycles. The van der Waals surface area contributed by atoms with Crippen LogP contribution in [0.15, 0.2) is 54.6 Å². The smallest absolute Gasteiger partial charge is 0.250 e. The summed E-state index contributed by atoms with van der Waals surface area (Å²) in [7, 11) is 0. The average Bonchev–Trinajstić information content (AvgIpc) is 2.49. The van der Waals surface area contributed by atoms with Gasteiger partial charge < -0.3 is 5.32 Å². The lowest BCUT2D eigenvalue weighted by Gasteiger charge is -2.10. The Morgan fingerprint density at radius 3 is 2.50 bits per heavy atom.